The second kappa shape index (κ2) is 10.6. The number of aromatic nitrogens is 2. The SMILES string of the molecule is CN(C)CCCn1nc2cc(-c3cccc4ccccc34)ccc2c1C1=CCN(C(=O)OC(C)(C)C)CC1. The van der Waals surface area contributed by atoms with Crippen LogP contribution in [0.3, 0.4) is 0 Å². The van der Waals surface area contributed by atoms with Crippen LogP contribution in [0.15, 0.2) is 66.7 Å². The van der Waals surface area contributed by atoms with Gasteiger partial charge >= 0.3 is 6.09 Å². The summed E-state index contributed by atoms with van der Waals surface area (Å²) in [5.74, 6) is 0. The Morgan fingerprint density at radius 2 is 1.82 bits per heavy atom. The molecule has 3 aromatic carbocycles. The zero-order chi connectivity index (χ0) is 26.9. The van der Waals surface area contributed by atoms with Crippen LogP contribution < -0.4 is 0 Å². The molecule has 0 radical (unpaired) electrons. The maximum Gasteiger partial charge on any atom is 0.410 e. The van der Waals surface area contributed by atoms with Crippen LogP contribution >= 0.6 is 0 Å². The Kier molecular flexibility index (Phi) is 7.26. The molecular formula is C32H38N4O2. The second-order valence-corrected chi connectivity index (χ2v) is 11.4. The van der Waals surface area contributed by atoms with E-state index >= 15 is 0 Å². The van der Waals surface area contributed by atoms with Gasteiger partial charge in [0.2, 0.25) is 0 Å². The largest absolute Gasteiger partial charge is 0.444 e. The third kappa shape index (κ3) is 5.60. The van der Waals surface area contributed by atoms with Crippen LogP contribution in [0.1, 0.15) is 39.3 Å². The van der Waals surface area contributed by atoms with Gasteiger partial charge in [0.1, 0.15) is 5.60 Å². The first-order valence-corrected chi connectivity index (χ1v) is 13.5. The highest BCUT2D eigenvalue weighted by Crippen LogP contribution is 2.34. The van der Waals surface area contributed by atoms with E-state index in [2.05, 4.69) is 90.4 Å². The van der Waals surface area contributed by atoms with Crippen molar-refractivity contribution in [3.8, 4) is 11.1 Å². The Hall–Kier alpha value is -3.64. The minimum atomic E-state index is -0.496. The van der Waals surface area contributed by atoms with E-state index in [1.807, 2.05) is 20.8 Å². The number of nitrogens with zero attached hydrogens (tertiary/aromatic N) is 4. The Balaban J connectivity index is 1.50. The van der Waals surface area contributed by atoms with E-state index in [0.29, 0.717) is 13.1 Å². The summed E-state index contributed by atoms with van der Waals surface area (Å²) in [6, 6.07) is 21.6. The standard InChI is InChI=1S/C32H38N4O2/c1-32(2,3)38-31(37)35-20-16-24(17-21-35)30-28-15-14-25(22-29(28)33-36(30)19-9-18-34(4)5)27-13-8-11-23-10-6-7-12-26(23)27/h6-8,10-16,22H,9,17-21H2,1-5H3. The van der Waals surface area contributed by atoms with Crippen LogP contribution in [0.4, 0.5) is 4.79 Å². The van der Waals surface area contributed by atoms with E-state index in [4.69, 9.17) is 9.84 Å². The third-order valence-electron chi connectivity index (χ3n) is 6.98. The van der Waals surface area contributed by atoms with Gasteiger partial charge in [0.15, 0.2) is 0 Å². The number of benzene rings is 3. The predicted molar refractivity (Wildman–Crippen MR) is 156 cm³/mol. The second-order valence-electron chi connectivity index (χ2n) is 11.4. The summed E-state index contributed by atoms with van der Waals surface area (Å²) < 4.78 is 7.77. The molecule has 198 valence electrons. The van der Waals surface area contributed by atoms with E-state index in [1.165, 1.54) is 33.2 Å². The van der Waals surface area contributed by atoms with Gasteiger partial charge in [-0.2, -0.15) is 5.10 Å². The highest BCUT2D eigenvalue weighted by Gasteiger charge is 2.26. The summed E-state index contributed by atoms with van der Waals surface area (Å²) in [6.07, 6.45) is 3.71. The number of fused-ring (bicyclic) bond motifs is 2. The Bertz CT molecular complexity index is 1490. The van der Waals surface area contributed by atoms with Crippen LogP contribution in [0, 0.1) is 0 Å². The van der Waals surface area contributed by atoms with Crippen molar-refractivity contribution in [1.29, 1.82) is 0 Å². The number of carbonyl (C=O) groups excluding carboxylic acids is 1. The first-order valence-electron chi connectivity index (χ1n) is 13.5. The number of hydrogen-bond donors (Lipinski definition) is 0. The van der Waals surface area contributed by atoms with E-state index < -0.39 is 5.60 Å². The normalized spacial score (nSPS) is 14.4. The highest BCUT2D eigenvalue weighted by atomic mass is 16.6. The molecule has 1 aromatic heterocycles. The smallest absolute Gasteiger partial charge is 0.410 e. The van der Waals surface area contributed by atoms with Crippen LogP contribution in [0.5, 0.6) is 0 Å². The van der Waals surface area contributed by atoms with Crippen molar-refractivity contribution in [2.45, 2.75) is 45.8 Å². The lowest BCUT2D eigenvalue weighted by Crippen LogP contribution is -2.39. The summed E-state index contributed by atoms with van der Waals surface area (Å²) in [4.78, 5) is 16.6. The molecule has 0 unspecified atom stereocenters. The predicted octanol–water partition coefficient (Wildman–Crippen LogP) is 6.83. The number of hydrogen-bond acceptors (Lipinski definition) is 4. The van der Waals surface area contributed by atoms with Gasteiger partial charge in [-0.25, -0.2) is 4.79 Å². The average molecular weight is 511 g/mol. The van der Waals surface area contributed by atoms with E-state index in [9.17, 15) is 4.79 Å². The average Bonchev–Trinajstić information content (AvgIpc) is 3.24. The molecule has 0 N–H and O–H groups in total. The molecule has 6 heteroatoms. The summed E-state index contributed by atoms with van der Waals surface area (Å²) in [5, 5.41) is 8.75. The Morgan fingerprint density at radius 3 is 2.55 bits per heavy atom. The molecule has 0 saturated carbocycles. The van der Waals surface area contributed by atoms with Crippen molar-refractivity contribution in [2.75, 3.05) is 33.7 Å². The molecule has 0 aliphatic carbocycles. The van der Waals surface area contributed by atoms with Gasteiger partial charge in [0, 0.05) is 25.0 Å². The van der Waals surface area contributed by atoms with Crippen molar-refractivity contribution in [1.82, 2.24) is 19.6 Å². The van der Waals surface area contributed by atoms with Crippen LogP contribution in [-0.4, -0.2) is 65.0 Å². The molecule has 0 spiro atoms. The maximum atomic E-state index is 12.6. The number of carbonyl (C=O) groups is 1. The van der Waals surface area contributed by atoms with E-state index in [0.717, 1.165) is 36.8 Å². The Labute approximate surface area is 225 Å². The van der Waals surface area contributed by atoms with Gasteiger partial charge in [0.25, 0.3) is 0 Å². The van der Waals surface area contributed by atoms with Gasteiger partial charge < -0.3 is 14.5 Å². The quantitative estimate of drug-likeness (QED) is 0.285. The molecule has 5 rings (SSSR count). The lowest BCUT2D eigenvalue weighted by molar-refractivity contribution is 0.0270. The molecule has 4 aromatic rings. The molecule has 0 atom stereocenters. The summed E-state index contributed by atoms with van der Waals surface area (Å²) >= 11 is 0. The van der Waals surface area contributed by atoms with Crippen LogP contribution in [0.2, 0.25) is 0 Å². The summed E-state index contributed by atoms with van der Waals surface area (Å²) in [5.41, 5.74) is 5.32. The van der Waals surface area contributed by atoms with Crippen LogP contribution in [-0.2, 0) is 11.3 Å². The highest BCUT2D eigenvalue weighted by molar-refractivity contribution is 6.00. The molecule has 38 heavy (non-hydrogen) atoms. The molecule has 1 amide bonds. The fourth-order valence-electron chi connectivity index (χ4n) is 5.19. The van der Waals surface area contributed by atoms with Crippen molar-refractivity contribution in [2.24, 2.45) is 0 Å². The number of aryl methyl sites for hydroxylation is 1. The van der Waals surface area contributed by atoms with Gasteiger partial charge in [-0.1, -0.05) is 54.6 Å². The zero-order valence-electron chi connectivity index (χ0n) is 23.2. The van der Waals surface area contributed by atoms with Crippen molar-refractivity contribution in [3.63, 3.8) is 0 Å². The Morgan fingerprint density at radius 1 is 1.03 bits per heavy atom. The van der Waals surface area contributed by atoms with E-state index in [1.54, 1.807) is 4.90 Å². The third-order valence-corrected chi connectivity index (χ3v) is 6.98. The first kappa shape index (κ1) is 26.0. The lowest BCUT2D eigenvalue weighted by Gasteiger charge is -2.29. The van der Waals surface area contributed by atoms with E-state index in [-0.39, 0.29) is 6.09 Å². The van der Waals surface area contributed by atoms with Gasteiger partial charge in [0.05, 0.1) is 11.2 Å². The lowest BCUT2D eigenvalue weighted by atomic mass is 9.96. The number of amides is 1. The minimum absolute atomic E-state index is 0.253. The van der Waals surface area contributed by atoms with Crippen molar-refractivity contribution >= 4 is 33.3 Å². The zero-order valence-corrected chi connectivity index (χ0v) is 23.2. The molecule has 0 fully saturated rings. The maximum absolute atomic E-state index is 12.6. The molecule has 2 heterocycles. The fourth-order valence-corrected chi connectivity index (χ4v) is 5.19. The van der Waals surface area contributed by atoms with Crippen LogP contribution in [0.25, 0.3) is 38.4 Å². The monoisotopic (exact) mass is 510 g/mol. The molecule has 0 saturated heterocycles. The summed E-state index contributed by atoms with van der Waals surface area (Å²) in [7, 11) is 4.21. The molecular weight excluding hydrogens is 472 g/mol. The van der Waals surface area contributed by atoms with Gasteiger partial charge in [-0.3, -0.25) is 4.68 Å². The van der Waals surface area contributed by atoms with Crippen molar-refractivity contribution in [3.05, 3.63) is 72.4 Å². The summed E-state index contributed by atoms with van der Waals surface area (Å²) in [6.45, 7) is 8.74. The minimum Gasteiger partial charge on any atom is -0.444 e. The van der Waals surface area contributed by atoms with Crippen molar-refractivity contribution < 1.29 is 9.53 Å². The number of ether oxygens (including phenoxy) is 1. The van der Waals surface area contributed by atoms with Gasteiger partial charge in [-0.15, -0.1) is 0 Å². The molecule has 1 aliphatic rings. The first-order chi connectivity index (χ1) is 18.2. The fraction of sp³-hybridized carbons (Fsp3) is 0.375. The number of rotatable bonds is 6. The van der Waals surface area contributed by atoms with Gasteiger partial charge in [-0.05, 0) is 93.9 Å². The topological polar surface area (TPSA) is 50.6 Å². The molecule has 6 nitrogen and oxygen atoms in total. The molecule has 0 bridgehead atoms. The molecule has 1 aliphatic heterocycles.